The number of aryl methyl sites for hydroxylation is 4. The molecule has 0 amide bonds. The zero-order valence-corrected chi connectivity index (χ0v) is 17.6. The van der Waals surface area contributed by atoms with E-state index in [4.69, 9.17) is 9.10 Å². The minimum Gasteiger partial charge on any atom is -0.257 e. The second-order valence-electron chi connectivity index (χ2n) is 8.67. The molecule has 5 rings (SSSR count). The molecular weight excluding hydrogens is 352 g/mol. The van der Waals surface area contributed by atoms with E-state index in [0.29, 0.717) is 24.0 Å². The van der Waals surface area contributed by atoms with Gasteiger partial charge in [-0.15, -0.1) is 0 Å². The van der Waals surface area contributed by atoms with Crippen LogP contribution in [-0.4, -0.2) is 4.98 Å². The molecule has 0 saturated heterocycles. The Kier molecular flexibility index (Phi) is 3.54. The van der Waals surface area contributed by atoms with Crippen molar-refractivity contribution in [1.29, 1.82) is 0 Å². The molecule has 0 aliphatic heterocycles. The van der Waals surface area contributed by atoms with E-state index in [1.165, 1.54) is 16.7 Å². The van der Waals surface area contributed by atoms with Crippen molar-refractivity contribution in [2.45, 2.75) is 65.1 Å². The van der Waals surface area contributed by atoms with Gasteiger partial charge in [-0.3, -0.25) is 4.98 Å². The van der Waals surface area contributed by atoms with Crippen LogP contribution in [-0.2, 0) is 13.5 Å². The Balaban J connectivity index is 1.74. The molecule has 0 atom stereocenters. The van der Waals surface area contributed by atoms with Gasteiger partial charge in [-0.05, 0) is 67.8 Å². The summed E-state index contributed by atoms with van der Waals surface area (Å²) in [5.74, 6) is -0.849. The van der Waals surface area contributed by atoms with Gasteiger partial charge in [0.25, 0.3) is 0 Å². The van der Waals surface area contributed by atoms with Crippen LogP contribution in [0.4, 0.5) is 0 Å². The highest BCUT2D eigenvalue weighted by atomic mass is 14.9. The minimum absolute atomic E-state index is 0.316. The van der Waals surface area contributed by atoms with Crippen molar-refractivity contribution < 1.29 is 10.1 Å². The summed E-state index contributed by atoms with van der Waals surface area (Å²) in [6, 6.07) is 10.6. The molecule has 148 valence electrons. The van der Waals surface area contributed by atoms with Gasteiger partial charge in [0.15, 0.2) is 6.20 Å². The number of fused-ring (bicyclic) bond motifs is 3. The molecule has 1 aromatic carbocycles. The average molecular weight is 388 g/mol. The largest absolute Gasteiger partial charge is 0.257 e. The first-order valence-electron chi connectivity index (χ1n) is 12.7. The standard InChI is InChI=1S/C27H31N2/c1-17-10-12-21-22-13-11-19(3)28-25(22)14-24(21)27(17)26-15-23(18(2)16-29(26)4)20-8-6-5-7-9-20/h10-13,15-16,20H,5-9,14H2,1-4H3/q+1/i2D3,20D. The fourth-order valence-corrected chi connectivity index (χ4v) is 5.15. The molecule has 1 fully saturated rings. The highest BCUT2D eigenvalue weighted by Crippen LogP contribution is 2.43. The van der Waals surface area contributed by atoms with Crippen molar-refractivity contribution in [3.63, 3.8) is 0 Å². The summed E-state index contributed by atoms with van der Waals surface area (Å²) >= 11 is 0. The summed E-state index contributed by atoms with van der Waals surface area (Å²) in [5, 5.41) is 0. The molecule has 2 nitrogen and oxygen atoms in total. The minimum atomic E-state index is -2.25. The number of nitrogens with zero attached hydrogens (tertiary/aromatic N) is 2. The van der Waals surface area contributed by atoms with Crippen LogP contribution in [0.3, 0.4) is 0 Å². The van der Waals surface area contributed by atoms with Crippen LogP contribution in [0.15, 0.2) is 36.5 Å². The number of benzene rings is 1. The molecule has 29 heavy (non-hydrogen) atoms. The van der Waals surface area contributed by atoms with Crippen LogP contribution < -0.4 is 4.57 Å². The SMILES string of the molecule is [2H]C([2H])([2H])c1c[n+](C)c(-c2c(C)ccc3c2Cc2nc(C)ccc2-3)cc1C1([2H])CCCCC1. The molecule has 1 saturated carbocycles. The number of aromatic nitrogens is 2. The van der Waals surface area contributed by atoms with Gasteiger partial charge in [0, 0.05) is 34.8 Å². The lowest BCUT2D eigenvalue weighted by molar-refractivity contribution is -0.660. The Morgan fingerprint density at radius 2 is 1.83 bits per heavy atom. The lowest BCUT2D eigenvalue weighted by atomic mass is 9.82. The fourth-order valence-electron chi connectivity index (χ4n) is 5.15. The summed E-state index contributed by atoms with van der Waals surface area (Å²) in [6.07, 6.45) is 7.01. The highest BCUT2D eigenvalue weighted by molar-refractivity contribution is 5.84. The van der Waals surface area contributed by atoms with Crippen LogP contribution in [0.1, 0.15) is 77.1 Å². The highest BCUT2D eigenvalue weighted by Gasteiger charge is 2.29. The molecule has 0 unspecified atom stereocenters. The molecule has 2 heteroatoms. The van der Waals surface area contributed by atoms with Crippen molar-refractivity contribution >= 4 is 0 Å². The first kappa shape index (κ1) is 14.5. The van der Waals surface area contributed by atoms with E-state index in [-0.39, 0.29) is 0 Å². The molecular formula is C27H31N2+. The van der Waals surface area contributed by atoms with Gasteiger partial charge in [0.05, 0.1) is 11.3 Å². The topological polar surface area (TPSA) is 16.8 Å². The van der Waals surface area contributed by atoms with E-state index < -0.39 is 12.7 Å². The van der Waals surface area contributed by atoms with E-state index in [2.05, 4.69) is 31.2 Å². The predicted molar refractivity (Wildman–Crippen MR) is 119 cm³/mol. The number of pyridine rings is 2. The maximum absolute atomic E-state index is 9.28. The lowest BCUT2D eigenvalue weighted by Gasteiger charge is -2.23. The summed E-state index contributed by atoms with van der Waals surface area (Å²) < 4.78 is 35.8. The molecule has 0 N–H and O–H groups in total. The van der Waals surface area contributed by atoms with Gasteiger partial charge in [-0.25, -0.2) is 4.57 Å². The van der Waals surface area contributed by atoms with Crippen molar-refractivity contribution in [3.05, 3.63) is 70.2 Å². The van der Waals surface area contributed by atoms with Crippen LogP contribution in [0.5, 0.6) is 0 Å². The number of hydrogen-bond acceptors (Lipinski definition) is 1. The summed E-state index contributed by atoms with van der Waals surface area (Å²) in [7, 11) is 1.93. The van der Waals surface area contributed by atoms with E-state index in [0.717, 1.165) is 53.9 Å². The van der Waals surface area contributed by atoms with Crippen molar-refractivity contribution in [2.24, 2.45) is 7.05 Å². The van der Waals surface area contributed by atoms with Gasteiger partial charge in [0.1, 0.15) is 7.05 Å². The quantitative estimate of drug-likeness (QED) is 0.379. The Morgan fingerprint density at radius 3 is 2.62 bits per heavy atom. The molecule has 3 aromatic rings. The number of hydrogen-bond donors (Lipinski definition) is 0. The number of rotatable bonds is 2. The lowest BCUT2D eigenvalue weighted by Crippen LogP contribution is -2.32. The monoisotopic (exact) mass is 387 g/mol. The van der Waals surface area contributed by atoms with Crippen LogP contribution >= 0.6 is 0 Å². The van der Waals surface area contributed by atoms with Crippen molar-refractivity contribution in [3.8, 4) is 22.4 Å². The van der Waals surface area contributed by atoms with Crippen LogP contribution in [0.2, 0.25) is 0 Å². The smallest absolute Gasteiger partial charge is 0.213 e. The summed E-state index contributed by atoms with van der Waals surface area (Å²) in [5.41, 5.74) is 10.0. The van der Waals surface area contributed by atoms with Gasteiger partial charge < -0.3 is 0 Å². The van der Waals surface area contributed by atoms with Crippen LogP contribution in [0, 0.1) is 20.7 Å². The van der Waals surface area contributed by atoms with Gasteiger partial charge in [-0.2, -0.15) is 0 Å². The molecule has 2 aliphatic carbocycles. The maximum atomic E-state index is 9.28. The van der Waals surface area contributed by atoms with E-state index >= 15 is 0 Å². The third-order valence-corrected chi connectivity index (χ3v) is 6.64. The first-order valence-corrected chi connectivity index (χ1v) is 10.7. The molecule has 0 spiro atoms. The molecule has 2 heterocycles. The summed E-state index contributed by atoms with van der Waals surface area (Å²) in [6.45, 7) is 1.89. The van der Waals surface area contributed by atoms with Crippen LogP contribution in [0.25, 0.3) is 22.4 Å². The maximum Gasteiger partial charge on any atom is 0.213 e. The van der Waals surface area contributed by atoms with E-state index in [1.54, 1.807) is 6.20 Å². The second-order valence-corrected chi connectivity index (χ2v) is 8.67. The Morgan fingerprint density at radius 1 is 1.03 bits per heavy atom. The fraction of sp³-hybridized carbons (Fsp3) is 0.407. The summed E-state index contributed by atoms with van der Waals surface area (Å²) in [4.78, 5) is 4.79. The van der Waals surface area contributed by atoms with Crippen molar-refractivity contribution in [1.82, 2.24) is 4.98 Å². The molecule has 0 bridgehead atoms. The van der Waals surface area contributed by atoms with E-state index in [1.807, 2.05) is 24.6 Å². The predicted octanol–water partition coefficient (Wildman–Crippen LogP) is 6.12. The Hall–Kier alpha value is -2.48. The molecule has 0 radical (unpaired) electrons. The van der Waals surface area contributed by atoms with Gasteiger partial charge in [-0.1, -0.05) is 37.5 Å². The first-order chi connectivity index (χ1) is 15.6. The second kappa shape index (κ2) is 7.09. The third kappa shape index (κ3) is 3.10. The molecule has 2 aliphatic rings. The van der Waals surface area contributed by atoms with Gasteiger partial charge in [0.2, 0.25) is 5.69 Å². The normalized spacial score (nSPS) is 19.6. The van der Waals surface area contributed by atoms with Gasteiger partial charge >= 0.3 is 0 Å². The zero-order chi connectivity index (χ0) is 23.5. The average Bonchev–Trinajstić information content (AvgIpc) is 3.11. The van der Waals surface area contributed by atoms with Crippen molar-refractivity contribution in [2.75, 3.05) is 0 Å². The molecule has 2 aromatic heterocycles. The Bertz CT molecular complexity index is 1250. The zero-order valence-electron chi connectivity index (χ0n) is 21.6. The van der Waals surface area contributed by atoms with E-state index in [9.17, 15) is 1.37 Å². The third-order valence-electron chi connectivity index (χ3n) is 6.64. The Labute approximate surface area is 180 Å².